The molecule has 1 aromatic heterocycles. The first-order chi connectivity index (χ1) is 8.34. The molecule has 0 N–H and O–H groups in total. The molecule has 0 spiro atoms. The van der Waals surface area contributed by atoms with Crippen molar-refractivity contribution in [1.82, 2.24) is 0 Å². The largest absolute Gasteiger partial charge is 0.469 e. The van der Waals surface area contributed by atoms with Crippen molar-refractivity contribution in [2.24, 2.45) is 0 Å². The van der Waals surface area contributed by atoms with Gasteiger partial charge in [0.2, 0.25) is 0 Å². The third-order valence-electron chi connectivity index (χ3n) is 2.33. The van der Waals surface area contributed by atoms with Crippen molar-refractivity contribution in [2.75, 3.05) is 6.61 Å². The standard InChI is InChI=1S/C14H14O3/c15-13(9-14-7-4-8-17-14)11-16-10-12-5-2-1-3-6-12/h1-8H,9-11H2. The summed E-state index contributed by atoms with van der Waals surface area (Å²) < 4.78 is 10.4. The highest BCUT2D eigenvalue weighted by Crippen LogP contribution is 2.03. The van der Waals surface area contributed by atoms with Gasteiger partial charge in [-0.3, -0.25) is 4.79 Å². The number of carbonyl (C=O) groups excluding carboxylic acids is 1. The van der Waals surface area contributed by atoms with E-state index in [0.29, 0.717) is 18.8 Å². The first kappa shape index (κ1) is 11.6. The summed E-state index contributed by atoms with van der Waals surface area (Å²) in [6, 6.07) is 13.3. The SMILES string of the molecule is O=C(COCc1ccccc1)Cc1ccco1. The quantitative estimate of drug-likeness (QED) is 0.765. The van der Waals surface area contributed by atoms with Crippen molar-refractivity contribution in [1.29, 1.82) is 0 Å². The van der Waals surface area contributed by atoms with Gasteiger partial charge in [0.05, 0.1) is 19.3 Å². The van der Waals surface area contributed by atoms with E-state index in [4.69, 9.17) is 9.15 Å². The summed E-state index contributed by atoms with van der Waals surface area (Å²) in [4.78, 5) is 11.5. The molecule has 1 heterocycles. The van der Waals surface area contributed by atoms with Crippen molar-refractivity contribution < 1.29 is 13.9 Å². The van der Waals surface area contributed by atoms with E-state index in [9.17, 15) is 4.79 Å². The molecule has 0 saturated carbocycles. The predicted octanol–water partition coefficient (Wildman–Crippen LogP) is 2.61. The zero-order valence-corrected chi connectivity index (χ0v) is 9.46. The number of hydrogen-bond acceptors (Lipinski definition) is 3. The molecule has 1 aromatic carbocycles. The summed E-state index contributed by atoms with van der Waals surface area (Å²) in [5.41, 5.74) is 1.07. The maximum absolute atomic E-state index is 11.5. The van der Waals surface area contributed by atoms with Crippen LogP contribution in [-0.4, -0.2) is 12.4 Å². The van der Waals surface area contributed by atoms with Gasteiger partial charge >= 0.3 is 0 Å². The van der Waals surface area contributed by atoms with Gasteiger partial charge in [0.25, 0.3) is 0 Å². The van der Waals surface area contributed by atoms with Crippen LogP contribution in [0.4, 0.5) is 0 Å². The molecule has 3 nitrogen and oxygen atoms in total. The molecule has 17 heavy (non-hydrogen) atoms. The molecule has 0 fully saturated rings. The van der Waals surface area contributed by atoms with E-state index >= 15 is 0 Å². The van der Waals surface area contributed by atoms with Gasteiger partial charge in [-0.25, -0.2) is 0 Å². The van der Waals surface area contributed by atoms with Crippen molar-refractivity contribution in [3.63, 3.8) is 0 Å². The van der Waals surface area contributed by atoms with Crippen LogP contribution in [0.1, 0.15) is 11.3 Å². The van der Waals surface area contributed by atoms with Gasteiger partial charge in [-0.1, -0.05) is 30.3 Å². The van der Waals surface area contributed by atoms with Gasteiger partial charge < -0.3 is 9.15 Å². The lowest BCUT2D eigenvalue weighted by atomic mass is 10.2. The Labute approximate surface area is 100 Å². The number of furan rings is 1. The summed E-state index contributed by atoms with van der Waals surface area (Å²) in [6.07, 6.45) is 1.86. The van der Waals surface area contributed by atoms with Crippen LogP contribution < -0.4 is 0 Å². The minimum absolute atomic E-state index is 0.0240. The molecule has 0 aliphatic heterocycles. The van der Waals surface area contributed by atoms with Crippen LogP contribution in [0, 0.1) is 0 Å². The third-order valence-corrected chi connectivity index (χ3v) is 2.33. The molecule has 88 valence electrons. The van der Waals surface area contributed by atoms with Gasteiger partial charge in [-0.05, 0) is 17.7 Å². The fourth-order valence-corrected chi connectivity index (χ4v) is 1.52. The Bertz CT molecular complexity index is 446. The second kappa shape index (κ2) is 6.01. The van der Waals surface area contributed by atoms with E-state index in [0.717, 1.165) is 5.56 Å². The maximum atomic E-state index is 11.5. The van der Waals surface area contributed by atoms with Crippen LogP contribution in [0.5, 0.6) is 0 Å². The Morgan fingerprint density at radius 2 is 1.94 bits per heavy atom. The topological polar surface area (TPSA) is 39.4 Å². The van der Waals surface area contributed by atoms with E-state index < -0.39 is 0 Å². The van der Waals surface area contributed by atoms with E-state index in [1.54, 1.807) is 18.4 Å². The van der Waals surface area contributed by atoms with Gasteiger partial charge in [0.15, 0.2) is 5.78 Å². The normalized spacial score (nSPS) is 10.4. The smallest absolute Gasteiger partial charge is 0.165 e. The van der Waals surface area contributed by atoms with Gasteiger partial charge in [-0.15, -0.1) is 0 Å². The summed E-state index contributed by atoms with van der Waals surface area (Å²) in [6.45, 7) is 0.584. The Morgan fingerprint density at radius 1 is 1.12 bits per heavy atom. The zero-order valence-electron chi connectivity index (χ0n) is 9.46. The highest BCUT2D eigenvalue weighted by molar-refractivity contribution is 5.81. The fourth-order valence-electron chi connectivity index (χ4n) is 1.52. The van der Waals surface area contributed by atoms with E-state index in [1.165, 1.54) is 0 Å². The molecule has 0 atom stereocenters. The minimum atomic E-state index is 0.0240. The highest BCUT2D eigenvalue weighted by atomic mass is 16.5. The molecule has 0 bridgehead atoms. The molecule has 0 radical (unpaired) electrons. The summed E-state index contributed by atoms with van der Waals surface area (Å²) in [7, 11) is 0. The lowest BCUT2D eigenvalue weighted by Crippen LogP contribution is -2.11. The van der Waals surface area contributed by atoms with E-state index in [2.05, 4.69) is 0 Å². The van der Waals surface area contributed by atoms with Crippen LogP contribution >= 0.6 is 0 Å². The van der Waals surface area contributed by atoms with Crippen molar-refractivity contribution in [2.45, 2.75) is 13.0 Å². The number of carbonyl (C=O) groups is 1. The number of Topliss-reactive ketones (excluding diaryl/α,β-unsaturated/α-hetero) is 1. The number of rotatable bonds is 6. The zero-order chi connectivity index (χ0) is 11.9. The van der Waals surface area contributed by atoms with Crippen molar-refractivity contribution in [3.05, 3.63) is 60.1 Å². The minimum Gasteiger partial charge on any atom is -0.469 e. The molecular formula is C14H14O3. The second-order valence-electron chi connectivity index (χ2n) is 3.77. The van der Waals surface area contributed by atoms with Crippen LogP contribution in [0.2, 0.25) is 0 Å². The highest BCUT2D eigenvalue weighted by Gasteiger charge is 2.05. The Hall–Kier alpha value is -1.87. The van der Waals surface area contributed by atoms with Crippen molar-refractivity contribution in [3.8, 4) is 0 Å². The monoisotopic (exact) mass is 230 g/mol. The van der Waals surface area contributed by atoms with E-state index in [1.807, 2.05) is 30.3 Å². The van der Waals surface area contributed by atoms with E-state index in [-0.39, 0.29) is 12.4 Å². The molecule has 0 aliphatic carbocycles. The molecule has 0 unspecified atom stereocenters. The van der Waals surface area contributed by atoms with Crippen molar-refractivity contribution >= 4 is 5.78 Å². The summed E-state index contributed by atoms with van der Waals surface area (Å²) >= 11 is 0. The van der Waals surface area contributed by atoms with Gasteiger partial charge in [0.1, 0.15) is 12.4 Å². The molecule has 3 heteroatoms. The molecule has 0 saturated heterocycles. The van der Waals surface area contributed by atoms with Crippen LogP contribution in [0.15, 0.2) is 53.1 Å². The first-order valence-electron chi connectivity index (χ1n) is 5.50. The number of hydrogen-bond donors (Lipinski definition) is 0. The molecule has 0 amide bonds. The lowest BCUT2D eigenvalue weighted by molar-refractivity contribution is -0.123. The number of benzene rings is 1. The van der Waals surface area contributed by atoms with Crippen LogP contribution in [-0.2, 0) is 22.6 Å². The third kappa shape index (κ3) is 3.89. The second-order valence-corrected chi connectivity index (χ2v) is 3.77. The average Bonchev–Trinajstić information content (AvgIpc) is 2.83. The van der Waals surface area contributed by atoms with Crippen LogP contribution in [0.25, 0.3) is 0 Å². The Balaban J connectivity index is 1.70. The summed E-state index contributed by atoms with van der Waals surface area (Å²) in [5, 5.41) is 0. The fraction of sp³-hybridized carbons (Fsp3) is 0.214. The molecular weight excluding hydrogens is 216 g/mol. The predicted molar refractivity (Wildman–Crippen MR) is 63.5 cm³/mol. The Morgan fingerprint density at radius 3 is 2.65 bits per heavy atom. The lowest BCUT2D eigenvalue weighted by Gasteiger charge is -2.02. The van der Waals surface area contributed by atoms with Gasteiger partial charge in [0, 0.05) is 0 Å². The van der Waals surface area contributed by atoms with Crippen LogP contribution in [0.3, 0.4) is 0 Å². The first-order valence-corrected chi connectivity index (χ1v) is 5.50. The number of ketones is 1. The maximum Gasteiger partial charge on any atom is 0.165 e. The molecule has 2 rings (SSSR count). The van der Waals surface area contributed by atoms with Gasteiger partial charge in [-0.2, -0.15) is 0 Å². The summed E-state index contributed by atoms with van der Waals surface area (Å²) in [5.74, 6) is 0.703. The average molecular weight is 230 g/mol. The number of ether oxygens (including phenoxy) is 1. The molecule has 0 aliphatic rings. The Kier molecular flexibility index (Phi) is 4.11. The molecule has 2 aromatic rings.